The molecule has 0 saturated heterocycles. The molecular weight excluding hydrogens is 302 g/mol. The average molecular weight is 317 g/mol. The lowest BCUT2D eigenvalue weighted by atomic mass is 10.1. The van der Waals surface area contributed by atoms with E-state index in [1.807, 2.05) is 49.4 Å². The molecule has 0 radical (unpaired) electrons. The SMILES string of the molecule is Cc1ccc2cccc(C(=O)N3CC(=O)Nc4ccccc43)c2n1. The first-order valence-electron chi connectivity index (χ1n) is 7.70. The summed E-state index contributed by atoms with van der Waals surface area (Å²) in [5.41, 5.74) is 3.35. The molecule has 1 N–H and O–H groups in total. The van der Waals surface area contributed by atoms with E-state index in [2.05, 4.69) is 10.3 Å². The Morgan fingerprint density at radius 3 is 2.79 bits per heavy atom. The van der Waals surface area contributed by atoms with Crippen molar-refractivity contribution in [1.29, 1.82) is 0 Å². The lowest BCUT2D eigenvalue weighted by Gasteiger charge is -2.29. The molecular formula is C19H15N3O2. The van der Waals surface area contributed by atoms with Gasteiger partial charge in [0.25, 0.3) is 5.91 Å². The minimum atomic E-state index is -0.221. The number of anilines is 2. The number of aryl methyl sites for hydroxylation is 1. The second-order valence-electron chi connectivity index (χ2n) is 5.79. The first-order valence-corrected chi connectivity index (χ1v) is 7.70. The third kappa shape index (κ3) is 2.31. The van der Waals surface area contributed by atoms with Gasteiger partial charge < -0.3 is 5.32 Å². The van der Waals surface area contributed by atoms with E-state index in [0.29, 0.717) is 22.5 Å². The zero-order chi connectivity index (χ0) is 16.7. The van der Waals surface area contributed by atoms with Crippen LogP contribution < -0.4 is 10.2 Å². The Balaban J connectivity index is 1.85. The zero-order valence-corrected chi connectivity index (χ0v) is 13.1. The molecule has 118 valence electrons. The maximum Gasteiger partial charge on any atom is 0.261 e. The van der Waals surface area contributed by atoms with Crippen molar-refractivity contribution in [3.63, 3.8) is 0 Å². The number of benzene rings is 2. The summed E-state index contributed by atoms with van der Waals surface area (Å²) in [7, 11) is 0. The molecule has 0 spiro atoms. The molecule has 5 nitrogen and oxygen atoms in total. The molecule has 0 bridgehead atoms. The van der Waals surface area contributed by atoms with Gasteiger partial charge in [0.1, 0.15) is 6.54 Å². The number of carbonyl (C=O) groups excluding carboxylic acids is 2. The van der Waals surface area contributed by atoms with Gasteiger partial charge in [-0.25, -0.2) is 0 Å². The molecule has 4 rings (SSSR count). The van der Waals surface area contributed by atoms with Crippen molar-refractivity contribution in [2.45, 2.75) is 6.92 Å². The molecule has 1 aromatic heterocycles. The molecule has 2 aromatic carbocycles. The van der Waals surface area contributed by atoms with Gasteiger partial charge in [0.2, 0.25) is 5.91 Å². The minimum absolute atomic E-state index is 0.00193. The van der Waals surface area contributed by atoms with Gasteiger partial charge in [0.15, 0.2) is 0 Å². The Kier molecular flexibility index (Phi) is 3.27. The summed E-state index contributed by atoms with van der Waals surface area (Å²) in [5, 5.41) is 3.70. The van der Waals surface area contributed by atoms with Crippen LogP contribution in [0, 0.1) is 6.92 Å². The number of amides is 2. The third-order valence-corrected chi connectivity index (χ3v) is 4.11. The van der Waals surface area contributed by atoms with E-state index >= 15 is 0 Å². The molecule has 0 unspecified atom stereocenters. The smallest absolute Gasteiger partial charge is 0.261 e. The Morgan fingerprint density at radius 2 is 1.92 bits per heavy atom. The van der Waals surface area contributed by atoms with Crippen LogP contribution in [0.1, 0.15) is 16.1 Å². The highest BCUT2D eigenvalue weighted by atomic mass is 16.2. The quantitative estimate of drug-likeness (QED) is 0.750. The summed E-state index contributed by atoms with van der Waals surface area (Å²) >= 11 is 0. The number of rotatable bonds is 1. The summed E-state index contributed by atoms with van der Waals surface area (Å²) in [6.07, 6.45) is 0. The number of fused-ring (bicyclic) bond motifs is 2. The van der Waals surface area contributed by atoms with E-state index in [1.165, 1.54) is 4.90 Å². The van der Waals surface area contributed by atoms with E-state index in [4.69, 9.17) is 0 Å². The Morgan fingerprint density at radius 1 is 1.08 bits per heavy atom. The zero-order valence-electron chi connectivity index (χ0n) is 13.1. The first kappa shape index (κ1) is 14.4. The predicted molar refractivity (Wildman–Crippen MR) is 93.2 cm³/mol. The normalized spacial score (nSPS) is 13.5. The number of hydrogen-bond donors (Lipinski definition) is 1. The second-order valence-corrected chi connectivity index (χ2v) is 5.79. The lowest BCUT2D eigenvalue weighted by molar-refractivity contribution is -0.115. The molecule has 24 heavy (non-hydrogen) atoms. The molecule has 1 aliphatic heterocycles. The van der Waals surface area contributed by atoms with Crippen LogP contribution in [0.2, 0.25) is 0 Å². The van der Waals surface area contributed by atoms with Gasteiger partial charge in [-0.05, 0) is 31.2 Å². The Labute approximate surface area is 138 Å². The van der Waals surface area contributed by atoms with Crippen LogP contribution in [-0.2, 0) is 4.79 Å². The van der Waals surface area contributed by atoms with Gasteiger partial charge >= 0.3 is 0 Å². The summed E-state index contributed by atoms with van der Waals surface area (Å²) < 4.78 is 0. The number of nitrogens with one attached hydrogen (secondary N) is 1. The van der Waals surface area contributed by atoms with Crippen molar-refractivity contribution >= 4 is 34.1 Å². The van der Waals surface area contributed by atoms with Crippen LogP contribution >= 0.6 is 0 Å². The number of pyridine rings is 1. The van der Waals surface area contributed by atoms with E-state index in [-0.39, 0.29) is 18.4 Å². The molecule has 5 heteroatoms. The number of nitrogens with zero attached hydrogens (tertiary/aromatic N) is 2. The highest BCUT2D eigenvalue weighted by Gasteiger charge is 2.28. The average Bonchev–Trinajstić information content (AvgIpc) is 2.59. The van der Waals surface area contributed by atoms with Gasteiger partial charge in [-0.2, -0.15) is 0 Å². The molecule has 0 saturated carbocycles. The fraction of sp³-hybridized carbons (Fsp3) is 0.105. The van der Waals surface area contributed by atoms with Crippen LogP contribution in [0.15, 0.2) is 54.6 Å². The number of para-hydroxylation sites is 3. The van der Waals surface area contributed by atoms with Crippen molar-refractivity contribution in [3.8, 4) is 0 Å². The van der Waals surface area contributed by atoms with Crippen LogP contribution in [0.3, 0.4) is 0 Å². The fourth-order valence-corrected chi connectivity index (χ4v) is 2.98. The van der Waals surface area contributed by atoms with Crippen LogP contribution in [0.4, 0.5) is 11.4 Å². The van der Waals surface area contributed by atoms with Gasteiger partial charge in [0.05, 0.1) is 22.5 Å². The molecule has 2 heterocycles. The van der Waals surface area contributed by atoms with Gasteiger partial charge in [-0.1, -0.05) is 30.3 Å². The summed E-state index contributed by atoms with van der Waals surface area (Å²) in [6, 6.07) is 16.7. The first-order chi connectivity index (χ1) is 11.6. The van der Waals surface area contributed by atoms with Crippen molar-refractivity contribution in [3.05, 3.63) is 65.9 Å². The van der Waals surface area contributed by atoms with Crippen LogP contribution in [-0.4, -0.2) is 23.3 Å². The standard InChI is InChI=1S/C19H15N3O2/c1-12-9-10-13-5-4-6-14(18(13)20-12)19(24)22-11-17(23)21-15-7-2-3-8-16(15)22/h2-10H,11H2,1H3,(H,21,23). The van der Waals surface area contributed by atoms with Crippen LogP contribution in [0.25, 0.3) is 10.9 Å². The van der Waals surface area contributed by atoms with Crippen molar-refractivity contribution in [2.75, 3.05) is 16.8 Å². The molecule has 3 aromatic rings. The summed E-state index contributed by atoms with van der Waals surface area (Å²) in [6.45, 7) is 1.89. The second kappa shape index (κ2) is 5.45. The van der Waals surface area contributed by atoms with Crippen molar-refractivity contribution in [1.82, 2.24) is 4.98 Å². The minimum Gasteiger partial charge on any atom is -0.323 e. The topological polar surface area (TPSA) is 62.3 Å². The highest BCUT2D eigenvalue weighted by Crippen LogP contribution is 2.31. The molecule has 0 atom stereocenters. The van der Waals surface area contributed by atoms with Crippen LogP contribution in [0.5, 0.6) is 0 Å². The number of hydrogen-bond acceptors (Lipinski definition) is 3. The van der Waals surface area contributed by atoms with Gasteiger partial charge in [-0.15, -0.1) is 0 Å². The van der Waals surface area contributed by atoms with E-state index < -0.39 is 0 Å². The fourth-order valence-electron chi connectivity index (χ4n) is 2.98. The highest BCUT2D eigenvalue weighted by molar-refractivity contribution is 6.18. The monoisotopic (exact) mass is 317 g/mol. The maximum absolute atomic E-state index is 13.1. The van der Waals surface area contributed by atoms with Crippen molar-refractivity contribution < 1.29 is 9.59 Å². The van der Waals surface area contributed by atoms with Gasteiger partial charge in [-0.3, -0.25) is 19.5 Å². The third-order valence-electron chi connectivity index (χ3n) is 4.11. The summed E-state index contributed by atoms with van der Waals surface area (Å²) in [5.74, 6) is -0.424. The molecule has 2 amide bonds. The van der Waals surface area contributed by atoms with Crippen molar-refractivity contribution in [2.24, 2.45) is 0 Å². The Bertz CT molecular complexity index is 981. The largest absolute Gasteiger partial charge is 0.323 e. The van der Waals surface area contributed by atoms with Gasteiger partial charge in [0, 0.05) is 11.1 Å². The summed E-state index contributed by atoms with van der Waals surface area (Å²) in [4.78, 5) is 31.1. The van der Waals surface area contributed by atoms with E-state index in [0.717, 1.165) is 11.1 Å². The number of aromatic nitrogens is 1. The predicted octanol–water partition coefficient (Wildman–Crippen LogP) is 3.14. The maximum atomic E-state index is 13.1. The molecule has 0 fully saturated rings. The van der Waals surface area contributed by atoms with E-state index in [9.17, 15) is 9.59 Å². The molecule has 1 aliphatic rings. The Hall–Kier alpha value is -3.21. The van der Waals surface area contributed by atoms with E-state index in [1.54, 1.807) is 12.1 Å². The lowest BCUT2D eigenvalue weighted by Crippen LogP contribution is -2.42. The molecule has 0 aliphatic carbocycles. The number of carbonyl (C=O) groups is 2.